The third-order valence-electron chi connectivity index (χ3n) is 6.73. The second kappa shape index (κ2) is 14.3. The summed E-state index contributed by atoms with van der Waals surface area (Å²) in [5, 5.41) is 3.33. The van der Waals surface area contributed by atoms with E-state index in [1.54, 1.807) is 31.2 Å². The molecule has 0 bridgehead atoms. The van der Waals surface area contributed by atoms with Gasteiger partial charge in [-0.25, -0.2) is 12.8 Å². The molecular weight excluding hydrogens is 569 g/mol. The van der Waals surface area contributed by atoms with Crippen LogP contribution in [0.15, 0.2) is 77.7 Å². The number of sulfonamides is 1. The van der Waals surface area contributed by atoms with Gasteiger partial charge in [-0.05, 0) is 79.9 Å². The quantitative estimate of drug-likeness (QED) is 0.282. The number of benzene rings is 3. The molecule has 1 N–H and O–H groups in total. The van der Waals surface area contributed by atoms with Gasteiger partial charge in [0.15, 0.2) is 0 Å². The molecule has 0 heterocycles. The fraction of sp³-hybridized carbons (Fsp3) is 0.333. The Labute approximate surface area is 246 Å². The minimum Gasteiger partial charge on any atom is -0.497 e. The molecule has 3 aromatic rings. The van der Waals surface area contributed by atoms with Gasteiger partial charge in [0.1, 0.15) is 24.2 Å². The van der Waals surface area contributed by atoms with Crippen molar-refractivity contribution in [1.29, 1.82) is 0 Å². The first-order valence-electron chi connectivity index (χ1n) is 13.3. The molecule has 11 heteroatoms. The van der Waals surface area contributed by atoms with Crippen LogP contribution in [-0.4, -0.2) is 50.9 Å². The highest BCUT2D eigenvalue weighted by atomic mass is 35.5. The predicted molar refractivity (Wildman–Crippen MR) is 158 cm³/mol. The van der Waals surface area contributed by atoms with E-state index in [0.717, 1.165) is 16.4 Å². The van der Waals surface area contributed by atoms with E-state index in [4.69, 9.17) is 16.3 Å². The fourth-order valence-electron chi connectivity index (χ4n) is 4.18. The number of amides is 2. The lowest BCUT2D eigenvalue weighted by Gasteiger charge is -2.34. The summed E-state index contributed by atoms with van der Waals surface area (Å²) in [6, 6.07) is 16.4. The number of anilines is 1. The lowest BCUT2D eigenvalue weighted by molar-refractivity contribution is -0.140. The first kappa shape index (κ1) is 31.9. The van der Waals surface area contributed by atoms with Crippen molar-refractivity contribution in [3.05, 3.63) is 89.2 Å². The molecule has 0 spiro atoms. The number of nitrogens with zero attached hydrogens (tertiary/aromatic N) is 2. The Hall–Kier alpha value is -3.63. The maximum atomic E-state index is 14.1. The molecule has 0 aliphatic carbocycles. The highest BCUT2D eigenvalue weighted by Crippen LogP contribution is 2.27. The molecule has 220 valence electrons. The highest BCUT2D eigenvalue weighted by molar-refractivity contribution is 7.92. The topological polar surface area (TPSA) is 96.0 Å². The summed E-state index contributed by atoms with van der Waals surface area (Å²) in [4.78, 5) is 28.6. The zero-order valence-electron chi connectivity index (χ0n) is 23.5. The van der Waals surface area contributed by atoms with Crippen LogP contribution in [-0.2, 0) is 26.2 Å². The number of halogens is 2. The standard InChI is InChI=1S/C30H35ClFN3O5S/c1-5-21(3)33-30(37)28(6-2)34(19-22-9-7-8-10-27(22)31)29(36)20-35(24-13-11-23(32)12-14-24)41(38,39)26-17-15-25(40-4)16-18-26/h7-18,21,28H,5-6,19-20H2,1-4H3,(H,33,37)/t21-,28+/m1/s1. The highest BCUT2D eigenvalue weighted by Gasteiger charge is 2.34. The smallest absolute Gasteiger partial charge is 0.264 e. The number of methoxy groups -OCH3 is 1. The Balaban J connectivity index is 2.06. The molecule has 2 atom stereocenters. The van der Waals surface area contributed by atoms with Crippen molar-refractivity contribution in [2.24, 2.45) is 0 Å². The molecule has 41 heavy (non-hydrogen) atoms. The zero-order valence-corrected chi connectivity index (χ0v) is 25.1. The second-order valence-corrected chi connectivity index (χ2v) is 11.8. The summed E-state index contributed by atoms with van der Waals surface area (Å²) in [5.74, 6) is -1.08. The van der Waals surface area contributed by atoms with E-state index >= 15 is 0 Å². The van der Waals surface area contributed by atoms with Gasteiger partial charge in [-0.15, -0.1) is 0 Å². The number of hydrogen-bond donors (Lipinski definition) is 1. The largest absolute Gasteiger partial charge is 0.497 e. The van der Waals surface area contributed by atoms with E-state index in [1.807, 2.05) is 13.8 Å². The van der Waals surface area contributed by atoms with Crippen LogP contribution in [0.25, 0.3) is 0 Å². The van der Waals surface area contributed by atoms with Gasteiger partial charge in [0.25, 0.3) is 10.0 Å². The van der Waals surface area contributed by atoms with Crippen molar-refractivity contribution in [2.45, 2.75) is 57.1 Å². The number of hydrogen-bond acceptors (Lipinski definition) is 5. The first-order chi connectivity index (χ1) is 19.5. The first-order valence-corrected chi connectivity index (χ1v) is 15.1. The van der Waals surface area contributed by atoms with E-state index in [9.17, 15) is 22.4 Å². The molecule has 0 radical (unpaired) electrons. The Bertz CT molecular complexity index is 1440. The van der Waals surface area contributed by atoms with Gasteiger partial charge in [-0.2, -0.15) is 0 Å². The molecule has 2 amide bonds. The van der Waals surface area contributed by atoms with Crippen LogP contribution in [0.4, 0.5) is 10.1 Å². The summed E-state index contributed by atoms with van der Waals surface area (Å²) >= 11 is 6.41. The van der Waals surface area contributed by atoms with Crippen LogP contribution in [0.1, 0.15) is 39.2 Å². The van der Waals surface area contributed by atoms with Crippen LogP contribution in [0.5, 0.6) is 5.75 Å². The summed E-state index contributed by atoms with van der Waals surface area (Å²) in [5.41, 5.74) is 0.689. The van der Waals surface area contributed by atoms with E-state index in [-0.39, 0.29) is 35.5 Å². The Kier molecular flexibility index (Phi) is 11.1. The summed E-state index contributed by atoms with van der Waals surface area (Å²) < 4.78 is 47.6. The number of nitrogens with one attached hydrogen (secondary N) is 1. The SMILES string of the molecule is CC[C@@H](C)NC(=O)[C@H](CC)N(Cc1ccccc1Cl)C(=O)CN(c1ccc(F)cc1)S(=O)(=O)c1ccc(OC)cc1. The van der Waals surface area contributed by atoms with Gasteiger partial charge in [-0.3, -0.25) is 13.9 Å². The van der Waals surface area contributed by atoms with Gasteiger partial charge in [0.05, 0.1) is 17.7 Å². The molecule has 0 fully saturated rings. The maximum absolute atomic E-state index is 14.1. The van der Waals surface area contributed by atoms with Gasteiger partial charge >= 0.3 is 0 Å². The molecule has 0 unspecified atom stereocenters. The lowest BCUT2D eigenvalue weighted by atomic mass is 10.1. The monoisotopic (exact) mass is 603 g/mol. The minimum absolute atomic E-state index is 0.0230. The summed E-state index contributed by atoms with van der Waals surface area (Å²) in [7, 11) is -2.84. The number of ether oxygens (including phenoxy) is 1. The Morgan fingerprint density at radius 3 is 2.17 bits per heavy atom. The fourth-order valence-corrected chi connectivity index (χ4v) is 5.79. The number of rotatable bonds is 13. The van der Waals surface area contributed by atoms with E-state index in [1.165, 1.54) is 48.4 Å². The van der Waals surface area contributed by atoms with Crippen LogP contribution < -0.4 is 14.4 Å². The van der Waals surface area contributed by atoms with Crippen LogP contribution >= 0.6 is 11.6 Å². The van der Waals surface area contributed by atoms with Crippen molar-refractivity contribution < 1.29 is 27.1 Å². The third-order valence-corrected chi connectivity index (χ3v) is 8.88. The number of carbonyl (C=O) groups is 2. The van der Waals surface area contributed by atoms with Gasteiger partial charge < -0.3 is 15.0 Å². The summed E-state index contributed by atoms with van der Waals surface area (Å²) in [6.07, 6.45) is 0.972. The van der Waals surface area contributed by atoms with Crippen molar-refractivity contribution in [3.8, 4) is 5.75 Å². The minimum atomic E-state index is -4.30. The van der Waals surface area contributed by atoms with E-state index in [0.29, 0.717) is 22.8 Å². The molecule has 0 aliphatic rings. The van der Waals surface area contributed by atoms with E-state index in [2.05, 4.69) is 5.32 Å². The van der Waals surface area contributed by atoms with Crippen LogP contribution in [0, 0.1) is 5.82 Å². The molecule has 8 nitrogen and oxygen atoms in total. The predicted octanol–water partition coefficient (Wildman–Crippen LogP) is 5.41. The van der Waals surface area contributed by atoms with Crippen molar-refractivity contribution in [3.63, 3.8) is 0 Å². The maximum Gasteiger partial charge on any atom is 0.264 e. The molecule has 0 aromatic heterocycles. The van der Waals surface area contributed by atoms with Gasteiger partial charge in [-0.1, -0.05) is 43.6 Å². The summed E-state index contributed by atoms with van der Waals surface area (Å²) in [6.45, 7) is 4.91. The van der Waals surface area contributed by atoms with Crippen LogP contribution in [0.3, 0.4) is 0 Å². The van der Waals surface area contributed by atoms with Gasteiger partial charge in [0, 0.05) is 17.6 Å². The second-order valence-electron chi connectivity index (χ2n) is 9.52. The van der Waals surface area contributed by atoms with Crippen molar-refractivity contribution in [2.75, 3.05) is 18.0 Å². The normalized spacial score (nSPS) is 12.7. The molecule has 0 aliphatic heterocycles. The molecule has 0 saturated carbocycles. The lowest BCUT2D eigenvalue weighted by Crippen LogP contribution is -2.53. The van der Waals surface area contributed by atoms with Crippen molar-refractivity contribution in [1.82, 2.24) is 10.2 Å². The average Bonchev–Trinajstić information content (AvgIpc) is 2.97. The Morgan fingerprint density at radius 2 is 1.61 bits per heavy atom. The van der Waals surface area contributed by atoms with Gasteiger partial charge in [0.2, 0.25) is 11.8 Å². The van der Waals surface area contributed by atoms with Crippen LogP contribution in [0.2, 0.25) is 5.02 Å². The third kappa shape index (κ3) is 7.98. The Morgan fingerprint density at radius 1 is 0.976 bits per heavy atom. The molecular formula is C30H35ClFN3O5S. The molecule has 3 rings (SSSR count). The molecule has 0 saturated heterocycles. The number of carbonyl (C=O) groups excluding carboxylic acids is 2. The average molecular weight is 604 g/mol. The molecule has 3 aromatic carbocycles. The van der Waals surface area contributed by atoms with E-state index < -0.39 is 34.3 Å². The zero-order chi connectivity index (χ0) is 30.2. The van der Waals surface area contributed by atoms with Crippen molar-refractivity contribution >= 4 is 39.1 Å².